The van der Waals surface area contributed by atoms with Crippen molar-refractivity contribution in [3.63, 3.8) is 0 Å². The van der Waals surface area contributed by atoms with E-state index in [0.717, 1.165) is 44.5 Å². The van der Waals surface area contributed by atoms with E-state index in [1.165, 1.54) is 6.07 Å². The van der Waals surface area contributed by atoms with Crippen molar-refractivity contribution in [3.8, 4) is 0 Å². The van der Waals surface area contributed by atoms with Crippen LogP contribution in [-0.2, 0) is 0 Å². The van der Waals surface area contributed by atoms with Crippen LogP contribution in [0.1, 0.15) is 22.8 Å². The lowest BCUT2D eigenvalue weighted by atomic mass is 10.1. The molecular formula is C22H29FN6O. The minimum atomic E-state index is -0.375. The molecule has 0 atom stereocenters. The zero-order valence-electron chi connectivity index (χ0n) is 17.6. The molecule has 0 saturated carbocycles. The number of carbonyl (C=O) groups is 1. The maximum absolute atomic E-state index is 13.6. The first kappa shape index (κ1) is 21.5. The van der Waals surface area contributed by atoms with Crippen LogP contribution in [0.5, 0.6) is 0 Å². The van der Waals surface area contributed by atoms with Gasteiger partial charge in [0.05, 0.1) is 6.54 Å². The molecule has 3 rings (SSSR count). The van der Waals surface area contributed by atoms with Crippen LogP contribution >= 0.6 is 0 Å². The van der Waals surface area contributed by atoms with Crippen molar-refractivity contribution in [1.29, 1.82) is 0 Å². The Labute approximate surface area is 177 Å². The zero-order chi connectivity index (χ0) is 21.3. The minimum Gasteiger partial charge on any atom is -0.357 e. The maximum atomic E-state index is 13.6. The molecule has 7 nitrogen and oxygen atoms in total. The normalized spacial score (nSPS) is 14.6. The van der Waals surface area contributed by atoms with Crippen molar-refractivity contribution in [3.05, 3.63) is 59.5 Å². The summed E-state index contributed by atoms with van der Waals surface area (Å²) in [5, 5.41) is 6.12. The average molecular weight is 413 g/mol. The summed E-state index contributed by atoms with van der Waals surface area (Å²) >= 11 is 0. The van der Waals surface area contributed by atoms with E-state index >= 15 is 0 Å². The fourth-order valence-electron chi connectivity index (χ4n) is 3.28. The standard InChI is InChI=1S/C22H29FN6O/c1-3-24-22(29-14-12-28(13-15-29)20-6-4-5-9-25-20)27-11-10-26-21(30)18-8-7-17(2)19(23)16-18/h4-9,16H,3,10-15H2,1-2H3,(H,24,27)(H,26,30). The van der Waals surface area contributed by atoms with Gasteiger partial charge in [-0.25, -0.2) is 9.37 Å². The van der Waals surface area contributed by atoms with Gasteiger partial charge in [0.15, 0.2) is 5.96 Å². The Balaban J connectivity index is 1.49. The Morgan fingerprint density at radius 1 is 1.17 bits per heavy atom. The van der Waals surface area contributed by atoms with E-state index < -0.39 is 0 Å². The number of hydrogen-bond donors (Lipinski definition) is 2. The highest BCUT2D eigenvalue weighted by Gasteiger charge is 2.20. The SMILES string of the molecule is CCNC(=NCCNC(=O)c1ccc(C)c(F)c1)N1CCN(c2ccccn2)CC1. The molecule has 2 heterocycles. The Morgan fingerprint density at radius 3 is 2.63 bits per heavy atom. The van der Waals surface area contributed by atoms with Crippen molar-refractivity contribution in [1.82, 2.24) is 20.5 Å². The molecular weight excluding hydrogens is 383 g/mol. The van der Waals surface area contributed by atoms with Gasteiger partial charge >= 0.3 is 0 Å². The molecule has 2 aromatic rings. The lowest BCUT2D eigenvalue weighted by molar-refractivity contribution is 0.0954. The van der Waals surface area contributed by atoms with E-state index in [1.54, 1.807) is 19.1 Å². The molecule has 2 N–H and O–H groups in total. The number of nitrogens with zero attached hydrogens (tertiary/aromatic N) is 4. The quantitative estimate of drug-likeness (QED) is 0.432. The highest BCUT2D eigenvalue weighted by atomic mass is 19.1. The molecule has 0 aliphatic carbocycles. The Bertz CT molecular complexity index is 865. The summed E-state index contributed by atoms with van der Waals surface area (Å²) in [5.74, 6) is 1.17. The number of halogens is 1. The second-order valence-electron chi connectivity index (χ2n) is 7.12. The van der Waals surface area contributed by atoms with E-state index in [0.29, 0.717) is 24.2 Å². The third kappa shape index (κ3) is 5.68. The number of hydrogen-bond acceptors (Lipinski definition) is 4. The monoisotopic (exact) mass is 412 g/mol. The summed E-state index contributed by atoms with van der Waals surface area (Å²) in [4.78, 5) is 25.7. The molecule has 1 saturated heterocycles. The van der Waals surface area contributed by atoms with Crippen molar-refractivity contribution >= 4 is 17.7 Å². The molecule has 1 aromatic heterocycles. The number of aryl methyl sites for hydroxylation is 1. The molecule has 0 bridgehead atoms. The van der Waals surface area contributed by atoms with Gasteiger partial charge in [-0.15, -0.1) is 0 Å². The van der Waals surface area contributed by atoms with Gasteiger partial charge in [-0.1, -0.05) is 12.1 Å². The number of benzene rings is 1. The Hall–Kier alpha value is -3.16. The van der Waals surface area contributed by atoms with Crippen molar-refractivity contribution in [2.75, 3.05) is 50.7 Å². The third-order valence-electron chi connectivity index (χ3n) is 4.98. The second kappa shape index (κ2) is 10.6. The number of rotatable bonds is 6. The second-order valence-corrected chi connectivity index (χ2v) is 7.12. The lowest BCUT2D eigenvalue weighted by Gasteiger charge is -2.37. The van der Waals surface area contributed by atoms with Gasteiger partial charge in [-0.3, -0.25) is 9.79 Å². The van der Waals surface area contributed by atoms with Gasteiger partial charge in [0.25, 0.3) is 5.91 Å². The average Bonchev–Trinajstić information content (AvgIpc) is 2.78. The number of guanidine groups is 1. The Morgan fingerprint density at radius 2 is 1.97 bits per heavy atom. The first-order chi connectivity index (χ1) is 14.6. The van der Waals surface area contributed by atoms with Gasteiger partial charge in [-0.2, -0.15) is 0 Å². The fraction of sp³-hybridized carbons (Fsp3) is 0.409. The van der Waals surface area contributed by atoms with Gasteiger partial charge in [0.1, 0.15) is 11.6 Å². The summed E-state index contributed by atoms with van der Waals surface area (Å²) in [6.45, 7) is 8.74. The van der Waals surface area contributed by atoms with E-state index in [9.17, 15) is 9.18 Å². The van der Waals surface area contributed by atoms with E-state index in [1.807, 2.05) is 31.3 Å². The number of piperazine rings is 1. The van der Waals surface area contributed by atoms with Gasteiger partial charge in [-0.05, 0) is 43.7 Å². The molecule has 0 unspecified atom stereocenters. The molecule has 1 aliphatic heterocycles. The fourth-order valence-corrected chi connectivity index (χ4v) is 3.28. The number of aliphatic imine (C=N–C) groups is 1. The van der Waals surface area contributed by atoms with Crippen molar-refractivity contribution < 1.29 is 9.18 Å². The number of anilines is 1. The third-order valence-corrected chi connectivity index (χ3v) is 4.98. The summed E-state index contributed by atoms with van der Waals surface area (Å²) in [6, 6.07) is 10.4. The van der Waals surface area contributed by atoms with Crippen LogP contribution in [0.25, 0.3) is 0 Å². The van der Waals surface area contributed by atoms with Crippen molar-refractivity contribution in [2.45, 2.75) is 13.8 Å². The van der Waals surface area contributed by atoms with E-state index in [2.05, 4.69) is 30.4 Å². The van der Waals surface area contributed by atoms with Crippen LogP contribution in [-0.4, -0.2) is 67.6 Å². The molecule has 1 aromatic carbocycles. The van der Waals surface area contributed by atoms with Crippen LogP contribution < -0.4 is 15.5 Å². The molecule has 160 valence electrons. The van der Waals surface area contributed by atoms with Gasteiger partial charge in [0, 0.05) is 51.0 Å². The smallest absolute Gasteiger partial charge is 0.251 e. The largest absolute Gasteiger partial charge is 0.357 e. The highest BCUT2D eigenvalue weighted by molar-refractivity contribution is 5.94. The summed E-state index contributed by atoms with van der Waals surface area (Å²) in [7, 11) is 0. The van der Waals surface area contributed by atoms with E-state index in [-0.39, 0.29) is 11.7 Å². The first-order valence-electron chi connectivity index (χ1n) is 10.3. The predicted octanol–water partition coefficient (Wildman–Crippen LogP) is 2.05. The zero-order valence-corrected chi connectivity index (χ0v) is 17.6. The van der Waals surface area contributed by atoms with Gasteiger partial charge in [0.2, 0.25) is 0 Å². The molecule has 0 radical (unpaired) electrons. The number of amides is 1. The topological polar surface area (TPSA) is 72.9 Å². The van der Waals surface area contributed by atoms with Crippen molar-refractivity contribution in [2.24, 2.45) is 4.99 Å². The summed E-state index contributed by atoms with van der Waals surface area (Å²) in [6.07, 6.45) is 1.81. The van der Waals surface area contributed by atoms with Gasteiger partial charge < -0.3 is 20.4 Å². The molecule has 1 amide bonds. The highest BCUT2D eigenvalue weighted by Crippen LogP contribution is 2.12. The Kier molecular flexibility index (Phi) is 7.59. The number of nitrogens with one attached hydrogen (secondary N) is 2. The lowest BCUT2D eigenvalue weighted by Crippen LogP contribution is -2.52. The first-order valence-corrected chi connectivity index (χ1v) is 10.3. The van der Waals surface area contributed by atoms with Crippen LogP contribution in [0, 0.1) is 12.7 Å². The number of pyridine rings is 1. The molecule has 8 heteroatoms. The van der Waals surface area contributed by atoms with E-state index in [4.69, 9.17) is 0 Å². The summed E-state index contributed by atoms with van der Waals surface area (Å²) < 4.78 is 13.6. The molecule has 0 spiro atoms. The number of aromatic nitrogens is 1. The minimum absolute atomic E-state index is 0.293. The van der Waals surface area contributed by atoms with Crippen LogP contribution in [0.2, 0.25) is 0 Å². The molecule has 1 fully saturated rings. The predicted molar refractivity (Wildman–Crippen MR) is 117 cm³/mol. The maximum Gasteiger partial charge on any atom is 0.251 e. The van der Waals surface area contributed by atoms with Crippen LogP contribution in [0.4, 0.5) is 10.2 Å². The molecule has 1 aliphatic rings. The molecule has 30 heavy (non-hydrogen) atoms. The summed E-state index contributed by atoms with van der Waals surface area (Å²) in [5.41, 5.74) is 0.842. The van der Waals surface area contributed by atoms with Crippen LogP contribution in [0.3, 0.4) is 0 Å². The van der Waals surface area contributed by atoms with Crippen LogP contribution in [0.15, 0.2) is 47.6 Å². The number of carbonyl (C=O) groups excluding carboxylic acids is 1.